The molecule has 1 amide bonds. The summed E-state index contributed by atoms with van der Waals surface area (Å²) >= 11 is 11.0. The van der Waals surface area contributed by atoms with Crippen molar-refractivity contribution < 1.29 is 17.8 Å². The van der Waals surface area contributed by atoms with Crippen LogP contribution in [0.5, 0.6) is 0 Å². The lowest BCUT2D eigenvalue weighted by molar-refractivity contribution is -0.114. The number of carbonyl (C=O) groups excluding carboxylic acids is 1. The van der Waals surface area contributed by atoms with E-state index in [9.17, 15) is 13.2 Å². The van der Waals surface area contributed by atoms with Gasteiger partial charge in [0.15, 0.2) is 5.75 Å². The van der Waals surface area contributed by atoms with Gasteiger partial charge in [0, 0.05) is 6.07 Å². The molecular weight excluding hydrogens is 281 g/mol. The van der Waals surface area contributed by atoms with E-state index in [1.54, 1.807) is 0 Å². The molecule has 2 N–H and O–H groups in total. The van der Waals surface area contributed by atoms with Crippen molar-refractivity contribution in [2.45, 2.75) is 0 Å². The Kier molecular flexibility index (Phi) is 4.03. The minimum Gasteiger partial charge on any atom is -0.310 e. The van der Waals surface area contributed by atoms with Gasteiger partial charge in [-0.25, -0.2) is 9.97 Å². The highest BCUT2D eigenvalue weighted by Crippen LogP contribution is 2.14. The zero-order valence-electron chi connectivity index (χ0n) is 7.52. The number of hydrogen-bond acceptors (Lipinski definition) is 5. The predicted octanol–water partition coefficient (Wildman–Crippen LogP) is 0.610. The molecule has 0 aliphatic heterocycles. The van der Waals surface area contributed by atoms with Gasteiger partial charge in [0.2, 0.25) is 11.2 Å². The Morgan fingerprint density at radius 1 is 1.44 bits per heavy atom. The van der Waals surface area contributed by atoms with Crippen molar-refractivity contribution >= 4 is 45.0 Å². The number of hydrogen-bond donors (Lipinski definition) is 2. The lowest BCUT2D eigenvalue weighted by atomic mass is 10.5. The van der Waals surface area contributed by atoms with E-state index in [0.29, 0.717) is 0 Å². The second-order valence-corrected chi connectivity index (χ2v) is 4.80. The number of rotatable bonds is 3. The third-order valence-electron chi connectivity index (χ3n) is 1.25. The zero-order chi connectivity index (χ0) is 12.3. The van der Waals surface area contributed by atoms with Gasteiger partial charge in [-0.1, -0.05) is 11.6 Å². The standard InChI is InChI=1S/C6H5Cl2N3O4S/c7-3-1-4(11-6(8)9-3)10-5(12)2-16(13,14)15/h1H,2H2,(H,13,14,15)(H,9,10,11,12). The summed E-state index contributed by atoms with van der Waals surface area (Å²) in [5.41, 5.74) is 0. The third-order valence-corrected chi connectivity index (χ3v) is 2.24. The number of anilines is 1. The molecule has 88 valence electrons. The Labute approximate surface area is 101 Å². The highest BCUT2D eigenvalue weighted by Gasteiger charge is 2.14. The Balaban J connectivity index is 2.77. The summed E-state index contributed by atoms with van der Waals surface area (Å²) in [5.74, 6) is -2.10. The quantitative estimate of drug-likeness (QED) is 0.478. The fourth-order valence-electron chi connectivity index (χ4n) is 0.799. The van der Waals surface area contributed by atoms with E-state index in [1.165, 1.54) is 6.07 Å². The summed E-state index contributed by atoms with van der Waals surface area (Å²) in [5, 5.41) is 1.87. The first-order chi connectivity index (χ1) is 7.26. The number of nitrogens with zero attached hydrogens (tertiary/aromatic N) is 2. The van der Waals surface area contributed by atoms with Crippen molar-refractivity contribution in [2.75, 3.05) is 11.1 Å². The Hall–Kier alpha value is -0.960. The van der Waals surface area contributed by atoms with Crippen molar-refractivity contribution in [2.24, 2.45) is 0 Å². The molecule has 1 aromatic heterocycles. The summed E-state index contributed by atoms with van der Waals surface area (Å²) in [6.07, 6.45) is 0. The molecule has 1 aromatic rings. The first kappa shape index (κ1) is 13.1. The smallest absolute Gasteiger partial charge is 0.274 e. The highest BCUT2D eigenvalue weighted by molar-refractivity contribution is 7.86. The molecule has 10 heteroatoms. The molecule has 16 heavy (non-hydrogen) atoms. The topological polar surface area (TPSA) is 109 Å². The minimum atomic E-state index is -4.39. The zero-order valence-corrected chi connectivity index (χ0v) is 9.84. The summed E-state index contributed by atoms with van der Waals surface area (Å²) in [4.78, 5) is 18.1. The van der Waals surface area contributed by atoms with Crippen LogP contribution < -0.4 is 5.32 Å². The van der Waals surface area contributed by atoms with E-state index in [4.69, 9.17) is 27.8 Å². The Morgan fingerprint density at radius 2 is 2.06 bits per heavy atom. The van der Waals surface area contributed by atoms with Gasteiger partial charge in [-0.15, -0.1) is 0 Å². The molecule has 0 aromatic carbocycles. The SMILES string of the molecule is O=C(CS(=O)(=O)O)Nc1cc(Cl)nc(Cl)n1. The van der Waals surface area contributed by atoms with E-state index in [-0.39, 0.29) is 16.3 Å². The van der Waals surface area contributed by atoms with Crippen LogP contribution in [0.3, 0.4) is 0 Å². The number of aromatic nitrogens is 2. The van der Waals surface area contributed by atoms with Gasteiger partial charge in [-0.2, -0.15) is 8.42 Å². The normalized spacial score (nSPS) is 11.2. The number of amides is 1. The van der Waals surface area contributed by atoms with Crippen molar-refractivity contribution in [3.8, 4) is 0 Å². The third kappa shape index (κ3) is 4.71. The molecule has 7 nitrogen and oxygen atoms in total. The monoisotopic (exact) mass is 285 g/mol. The van der Waals surface area contributed by atoms with Crippen LogP contribution in [0.2, 0.25) is 10.4 Å². The van der Waals surface area contributed by atoms with Gasteiger partial charge in [0.1, 0.15) is 11.0 Å². The Bertz CT molecular complexity index is 498. The molecule has 0 saturated carbocycles. The number of carbonyl (C=O) groups is 1. The Morgan fingerprint density at radius 3 is 2.56 bits per heavy atom. The predicted molar refractivity (Wildman–Crippen MR) is 57.1 cm³/mol. The average molecular weight is 286 g/mol. The highest BCUT2D eigenvalue weighted by atomic mass is 35.5. The fourth-order valence-corrected chi connectivity index (χ4v) is 1.61. The molecule has 0 unspecified atom stereocenters. The molecule has 1 rings (SSSR count). The maximum Gasteiger partial charge on any atom is 0.274 e. The fraction of sp³-hybridized carbons (Fsp3) is 0.167. The molecule has 0 aliphatic carbocycles. The summed E-state index contributed by atoms with van der Waals surface area (Å²) in [6.45, 7) is 0. The van der Waals surface area contributed by atoms with Crippen LogP contribution in [0.25, 0.3) is 0 Å². The molecule has 0 spiro atoms. The first-order valence-corrected chi connectivity index (χ1v) is 6.08. The van der Waals surface area contributed by atoms with Crippen molar-refractivity contribution in [3.05, 3.63) is 16.5 Å². The van der Waals surface area contributed by atoms with Gasteiger partial charge >= 0.3 is 0 Å². The first-order valence-electron chi connectivity index (χ1n) is 3.71. The van der Waals surface area contributed by atoms with E-state index in [2.05, 4.69) is 15.3 Å². The number of nitrogens with one attached hydrogen (secondary N) is 1. The van der Waals surface area contributed by atoms with Gasteiger partial charge in [-0.3, -0.25) is 9.35 Å². The molecule has 0 fully saturated rings. The number of halogens is 2. The summed E-state index contributed by atoms with van der Waals surface area (Å²) < 4.78 is 29.2. The molecule has 0 radical (unpaired) electrons. The van der Waals surface area contributed by atoms with Crippen molar-refractivity contribution in [1.29, 1.82) is 0 Å². The minimum absolute atomic E-state index is 0.0119. The van der Waals surface area contributed by atoms with Crippen LogP contribution in [0.1, 0.15) is 0 Å². The van der Waals surface area contributed by atoms with Crippen LogP contribution in [0.4, 0.5) is 5.82 Å². The lowest BCUT2D eigenvalue weighted by Gasteiger charge is -2.03. The lowest BCUT2D eigenvalue weighted by Crippen LogP contribution is -2.22. The van der Waals surface area contributed by atoms with Crippen LogP contribution in [-0.2, 0) is 14.9 Å². The molecular formula is C6H5Cl2N3O4S. The molecule has 0 bridgehead atoms. The molecule has 0 atom stereocenters. The van der Waals surface area contributed by atoms with Gasteiger partial charge in [-0.05, 0) is 11.6 Å². The average Bonchev–Trinajstić information content (AvgIpc) is 1.96. The van der Waals surface area contributed by atoms with E-state index >= 15 is 0 Å². The largest absolute Gasteiger partial charge is 0.310 e. The van der Waals surface area contributed by atoms with E-state index in [1.807, 2.05) is 0 Å². The summed E-state index contributed by atoms with van der Waals surface area (Å²) in [6, 6.07) is 1.18. The summed E-state index contributed by atoms with van der Waals surface area (Å²) in [7, 11) is -4.39. The maximum atomic E-state index is 11.1. The molecule has 0 aliphatic rings. The van der Waals surface area contributed by atoms with Crippen LogP contribution in [-0.4, -0.2) is 34.6 Å². The molecule has 1 heterocycles. The van der Waals surface area contributed by atoms with Crippen molar-refractivity contribution in [3.63, 3.8) is 0 Å². The van der Waals surface area contributed by atoms with Crippen LogP contribution in [0.15, 0.2) is 6.07 Å². The molecule has 0 saturated heterocycles. The second-order valence-electron chi connectivity index (χ2n) is 2.62. The second kappa shape index (κ2) is 4.91. The van der Waals surface area contributed by atoms with Gasteiger partial charge in [0.25, 0.3) is 10.1 Å². The van der Waals surface area contributed by atoms with E-state index in [0.717, 1.165) is 0 Å². The maximum absolute atomic E-state index is 11.1. The van der Waals surface area contributed by atoms with Crippen molar-refractivity contribution in [1.82, 2.24) is 9.97 Å². The van der Waals surface area contributed by atoms with Crippen LogP contribution >= 0.6 is 23.2 Å². The van der Waals surface area contributed by atoms with Gasteiger partial charge < -0.3 is 5.32 Å². The van der Waals surface area contributed by atoms with E-state index < -0.39 is 21.8 Å². The van der Waals surface area contributed by atoms with Crippen LogP contribution in [0, 0.1) is 0 Å². The van der Waals surface area contributed by atoms with Gasteiger partial charge in [0.05, 0.1) is 0 Å².